The molecule has 154 valence electrons. The Labute approximate surface area is 177 Å². The fourth-order valence-electron chi connectivity index (χ4n) is 4.23. The van der Waals surface area contributed by atoms with Crippen LogP contribution in [-0.2, 0) is 17.8 Å². The molecule has 0 radical (unpaired) electrons. The van der Waals surface area contributed by atoms with Crippen LogP contribution in [0.1, 0.15) is 36.8 Å². The van der Waals surface area contributed by atoms with Gasteiger partial charge in [0.2, 0.25) is 0 Å². The second kappa shape index (κ2) is 8.30. The first-order valence-electron chi connectivity index (χ1n) is 10.1. The molecule has 0 amide bonds. The highest BCUT2D eigenvalue weighted by Gasteiger charge is 2.32. The normalized spacial score (nSPS) is 22.5. The first-order valence-corrected chi connectivity index (χ1v) is 10.5. The fourth-order valence-corrected chi connectivity index (χ4v) is 4.35. The molecule has 3 atom stereocenters. The van der Waals surface area contributed by atoms with Gasteiger partial charge in [-0.2, -0.15) is 0 Å². The number of piperazine rings is 1. The Bertz CT molecular complexity index is 887. The molecule has 1 saturated heterocycles. The lowest BCUT2D eigenvalue weighted by Crippen LogP contribution is -2.54. The topological polar surface area (TPSA) is 67.5 Å². The number of hydrogen-bond acceptors (Lipinski definition) is 6. The van der Waals surface area contributed by atoms with Crippen LogP contribution >= 0.6 is 11.6 Å². The van der Waals surface area contributed by atoms with E-state index in [1.54, 1.807) is 6.33 Å². The molecule has 0 spiro atoms. The molecular formula is C22H28ClN5O. The Morgan fingerprint density at radius 3 is 2.76 bits per heavy atom. The summed E-state index contributed by atoms with van der Waals surface area (Å²) in [6.07, 6.45) is 2.43. The molecule has 2 aliphatic rings. The molecule has 29 heavy (non-hydrogen) atoms. The Morgan fingerprint density at radius 1 is 1.28 bits per heavy atom. The number of rotatable bonds is 5. The highest BCUT2D eigenvalue weighted by Crippen LogP contribution is 2.36. The van der Waals surface area contributed by atoms with E-state index in [2.05, 4.69) is 40.2 Å². The second-order valence-electron chi connectivity index (χ2n) is 7.93. The Balaban J connectivity index is 1.42. The zero-order chi connectivity index (χ0) is 20.5. The summed E-state index contributed by atoms with van der Waals surface area (Å²) in [5.74, 6) is 1.00. The van der Waals surface area contributed by atoms with Crippen molar-refractivity contribution in [3.8, 4) is 0 Å². The zero-order valence-electron chi connectivity index (χ0n) is 17.0. The van der Waals surface area contributed by atoms with Crippen molar-refractivity contribution in [3.05, 3.63) is 64.7 Å². The van der Waals surface area contributed by atoms with Crippen molar-refractivity contribution in [2.24, 2.45) is 5.73 Å². The quantitative estimate of drug-likeness (QED) is 0.811. The molecule has 0 bridgehead atoms. The van der Waals surface area contributed by atoms with Crippen molar-refractivity contribution >= 4 is 17.4 Å². The predicted octanol–water partition coefficient (Wildman–Crippen LogP) is 3.32. The van der Waals surface area contributed by atoms with Crippen molar-refractivity contribution in [3.63, 3.8) is 0 Å². The van der Waals surface area contributed by atoms with Gasteiger partial charge in [-0.25, -0.2) is 9.97 Å². The van der Waals surface area contributed by atoms with Gasteiger partial charge in [-0.3, -0.25) is 0 Å². The monoisotopic (exact) mass is 413 g/mol. The van der Waals surface area contributed by atoms with Crippen LogP contribution in [0.3, 0.4) is 0 Å². The van der Waals surface area contributed by atoms with E-state index in [4.69, 9.17) is 22.1 Å². The average Bonchev–Trinajstić information content (AvgIpc) is 3.10. The summed E-state index contributed by atoms with van der Waals surface area (Å²) in [5.41, 5.74) is 10.8. The minimum atomic E-state index is -0.119. The van der Waals surface area contributed by atoms with Crippen molar-refractivity contribution in [1.29, 1.82) is 0 Å². The Kier molecular flexibility index (Phi) is 5.76. The molecule has 6 nitrogen and oxygen atoms in total. The number of ether oxygens (including phenoxy) is 1. The number of aromatic nitrogens is 2. The van der Waals surface area contributed by atoms with Crippen LogP contribution in [0.5, 0.6) is 0 Å². The summed E-state index contributed by atoms with van der Waals surface area (Å²) in [7, 11) is 0. The second-order valence-corrected chi connectivity index (χ2v) is 8.36. The van der Waals surface area contributed by atoms with Crippen molar-refractivity contribution in [1.82, 2.24) is 14.9 Å². The van der Waals surface area contributed by atoms with Crippen molar-refractivity contribution in [2.75, 3.05) is 24.5 Å². The van der Waals surface area contributed by atoms with Gasteiger partial charge in [-0.05, 0) is 38.0 Å². The van der Waals surface area contributed by atoms with Gasteiger partial charge in [-0.1, -0.05) is 30.3 Å². The SMILES string of the molecule is C=C([C@H](N)Cc1ccc(Cl)cc1)N1CCN(c2ncnc3c2C(C)OC3)[C@@H](C)C1. The molecule has 1 unspecified atom stereocenters. The smallest absolute Gasteiger partial charge is 0.138 e. The van der Waals surface area contributed by atoms with Crippen LogP contribution in [0.2, 0.25) is 5.02 Å². The van der Waals surface area contributed by atoms with Crippen LogP contribution in [0.15, 0.2) is 42.9 Å². The summed E-state index contributed by atoms with van der Waals surface area (Å²) < 4.78 is 5.77. The number of benzene rings is 1. The molecule has 1 aromatic heterocycles. The van der Waals surface area contributed by atoms with Crippen LogP contribution in [0, 0.1) is 0 Å². The van der Waals surface area contributed by atoms with Crippen LogP contribution in [-0.4, -0.2) is 46.6 Å². The van der Waals surface area contributed by atoms with E-state index < -0.39 is 0 Å². The number of hydrogen-bond donors (Lipinski definition) is 1. The molecule has 4 rings (SSSR count). The number of halogens is 1. The van der Waals surface area contributed by atoms with E-state index in [1.165, 1.54) is 5.56 Å². The van der Waals surface area contributed by atoms with Gasteiger partial charge in [0.15, 0.2) is 0 Å². The highest BCUT2D eigenvalue weighted by atomic mass is 35.5. The average molecular weight is 414 g/mol. The molecule has 0 aliphatic carbocycles. The van der Waals surface area contributed by atoms with E-state index >= 15 is 0 Å². The summed E-state index contributed by atoms with van der Waals surface area (Å²) in [5, 5.41) is 0.738. The maximum absolute atomic E-state index is 6.48. The van der Waals surface area contributed by atoms with Gasteiger partial charge in [0.05, 0.1) is 18.4 Å². The standard InChI is InChI=1S/C22H28ClN5O/c1-14-11-27(15(2)19(24)10-17-4-6-18(23)7-5-17)8-9-28(14)22-21-16(3)29-12-20(21)25-13-26-22/h4-7,13-14,16,19H,2,8-12,24H2,1,3H3/t14-,16?,19+/m0/s1. The molecule has 2 N–H and O–H groups in total. The molecule has 1 fully saturated rings. The molecule has 2 aliphatic heterocycles. The lowest BCUT2D eigenvalue weighted by molar-refractivity contribution is 0.0787. The highest BCUT2D eigenvalue weighted by molar-refractivity contribution is 6.30. The van der Waals surface area contributed by atoms with E-state index in [9.17, 15) is 0 Å². The third-order valence-electron chi connectivity index (χ3n) is 5.92. The van der Waals surface area contributed by atoms with Gasteiger partial charge in [-0.15, -0.1) is 0 Å². The van der Waals surface area contributed by atoms with E-state index in [1.807, 2.05) is 24.3 Å². The molecule has 2 aromatic rings. The first kappa shape index (κ1) is 20.1. The number of nitrogens with two attached hydrogens (primary N) is 1. The summed E-state index contributed by atoms with van der Waals surface area (Å²) in [6.45, 7) is 11.8. The van der Waals surface area contributed by atoms with E-state index in [0.29, 0.717) is 6.61 Å². The van der Waals surface area contributed by atoms with Crippen molar-refractivity contribution in [2.45, 2.75) is 45.1 Å². The fraction of sp³-hybridized carbons (Fsp3) is 0.455. The minimum absolute atomic E-state index is 0.0363. The van der Waals surface area contributed by atoms with E-state index in [-0.39, 0.29) is 18.2 Å². The Morgan fingerprint density at radius 2 is 2.03 bits per heavy atom. The largest absolute Gasteiger partial charge is 0.370 e. The summed E-state index contributed by atoms with van der Waals surface area (Å²) >= 11 is 5.98. The van der Waals surface area contributed by atoms with Gasteiger partial charge in [0.25, 0.3) is 0 Å². The third-order valence-corrected chi connectivity index (χ3v) is 6.18. The molecule has 3 heterocycles. The summed E-state index contributed by atoms with van der Waals surface area (Å²) in [4.78, 5) is 13.7. The van der Waals surface area contributed by atoms with Gasteiger partial charge < -0.3 is 20.3 Å². The zero-order valence-corrected chi connectivity index (χ0v) is 17.8. The van der Waals surface area contributed by atoms with Crippen LogP contribution < -0.4 is 10.6 Å². The van der Waals surface area contributed by atoms with Crippen LogP contribution in [0.4, 0.5) is 5.82 Å². The minimum Gasteiger partial charge on any atom is -0.370 e. The van der Waals surface area contributed by atoms with Gasteiger partial charge >= 0.3 is 0 Å². The maximum Gasteiger partial charge on any atom is 0.138 e. The molecular weight excluding hydrogens is 386 g/mol. The number of fused-ring (bicyclic) bond motifs is 1. The lowest BCUT2D eigenvalue weighted by atomic mass is 10.0. The number of anilines is 1. The van der Waals surface area contributed by atoms with Crippen LogP contribution in [0.25, 0.3) is 0 Å². The molecule has 0 saturated carbocycles. The molecule has 1 aromatic carbocycles. The number of nitrogens with zero attached hydrogens (tertiary/aromatic N) is 4. The van der Waals surface area contributed by atoms with Gasteiger partial charge in [0, 0.05) is 48.0 Å². The third kappa shape index (κ3) is 4.10. The lowest BCUT2D eigenvalue weighted by Gasteiger charge is -2.43. The Hall–Kier alpha value is -2.15. The van der Waals surface area contributed by atoms with E-state index in [0.717, 1.165) is 53.9 Å². The summed E-state index contributed by atoms with van der Waals surface area (Å²) in [6, 6.07) is 8.02. The molecule has 7 heteroatoms. The maximum atomic E-state index is 6.48. The predicted molar refractivity (Wildman–Crippen MR) is 116 cm³/mol. The van der Waals surface area contributed by atoms with Crippen molar-refractivity contribution < 1.29 is 4.74 Å². The van der Waals surface area contributed by atoms with Gasteiger partial charge in [0.1, 0.15) is 12.1 Å². The first-order chi connectivity index (χ1) is 13.9.